The molecule has 0 aromatic heterocycles. The Morgan fingerprint density at radius 1 is 1.06 bits per heavy atom. The lowest BCUT2D eigenvalue weighted by Crippen LogP contribution is -2.58. The molecule has 0 saturated heterocycles. The molecule has 0 spiro atoms. The summed E-state index contributed by atoms with van der Waals surface area (Å²) in [6, 6.07) is 10.3. The highest BCUT2D eigenvalue weighted by Gasteiger charge is 2.74. The minimum atomic E-state index is -0.855. The predicted octanol–water partition coefficient (Wildman–Crippen LogP) is 5.87. The van der Waals surface area contributed by atoms with Crippen LogP contribution in [0.5, 0.6) is 0 Å². The number of nitrogens with zero attached hydrogens (tertiary/aromatic N) is 1. The van der Waals surface area contributed by atoms with Gasteiger partial charge in [-0.15, -0.1) is 0 Å². The monoisotopic (exact) mass is 475 g/mol. The van der Waals surface area contributed by atoms with Crippen molar-refractivity contribution in [2.45, 2.75) is 84.3 Å². The third-order valence-electron chi connectivity index (χ3n) is 10.8. The van der Waals surface area contributed by atoms with Crippen LogP contribution in [0.1, 0.15) is 78.2 Å². The molecule has 0 unspecified atom stereocenters. The number of ketones is 1. The quantitative estimate of drug-likeness (QED) is 0.405. The molecular formula is C30H37NO4. The predicted molar refractivity (Wildman–Crippen MR) is 134 cm³/mol. The Hall–Kier alpha value is -2.43. The topological polar surface area (TPSA) is 65.0 Å². The van der Waals surface area contributed by atoms with Crippen molar-refractivity contribution in [1.82, 2.24) is 0 Å². The van der Waals surface area contributed by atoms with E-state index in [0.717, 1.165) is 56.2 Å². The van der Waals surface area contributed by atoms with Crippen molar-refractivity contribution in [3.63, 3.8) is 0 Å². The number of benzene rings is 1. The van der Waals surface area contributed by atoms with E-state index in [9.17, 15) is 9.59 Å². The second-order valence-corrected chi connectivity index (χ2v) is 12.2. The molecule has 1 aromatic carbocycles. The molecule has 8 atom stereocenters. The first-order valence-corrected chi connectivity index (χ1v) is 13.4. The largest absolute Gasteiger partial charge is 0.462 e. The normalized spacial score (nSPS) is 43.5. The van der Waals surface area contributed by atoms with E-state index in [1.165, 1.54) is 12.5 Å². The van der Waals surface area contributed by atoms with Crippen molar-refractivity contribution in [2.75, 3.05) is 0 Å². The first-order valence-electron chi connectivity index (χ1n) is 13.4. The summed E-state index contributed by atoms with van der Waals surface area (Å²) in [4.78, 5) is 31.3. The molecular weight excluding hydrogens is 438 g/mol. The number of hydrogen-bond donors (Lipinski definition) is 0. The summed E-state index contributed by atoms with van der Waals surface area (Å²) in [5.41, 5.74) is 2.59. The standard InChI is InChI=1S/C30H37NO4/c1-18(32)30-26(27(31-35-30)20-8-6-5-7-9-20)17-25-23-11-10-21-16-22(34-19(2)33)12-14-28(21,3)24(23)13-15-29(25,30)4/h5-10,22-26H,11-17H2,1-4H3/t22-,23+,24-,25-,26-,28-,29-,30+/m0/s1. The lowest BCUT2D eigenvalue weighted by Gasteiger charge is -2.58. The number of carbonyl (C=O) groups excluding carboxylic acids is 2. The van der Waals surface area contributed by atoms with Gasteiger partial charge in [0.25, 0.3) is 0 Å². The van der Waals surface area contributed by atoms with E-state index in [2.05, 4.69) is 37.2 Å². The zero-order chi connectivity index (χ0) is 24.6. The van der Waals surface area contributed by atoms with Crippen LogP contribution >= 0.6 is 0 Å². The third-order valence-corrected chi connectivity index (χ3v) is 10.8. The molecule has 3 saturated carbocycles. The Morgan fingerprint density at radius 3 is 2.54 bits per heavy atom. The Kier molecular flexibility index (Phi) is 5.11. The van der Waals surface area contributed by atoms with Crippen molar-refractivity contribution in [3.05, 3.63) is 47.5 Å². The molecule has 5 aliphatic rings. The van der Waals surface area contributed by atoms with Gasteiger partial charge < -0.3 is 9.57 Å². The number of Topliss-reactive ketones (excluding diaryl/α,β-unsaturated/α-hetero) is 1. The van der Waals surface area contributed by atoms with Crippen LogP contribution < -0.4 is 0 Å². The summed E-state index contributed by atoms with van der Waals surface area (Å²) >= 11 is 0. The van der Waals surface area contributed by atoms with Crippen molar-refractivity contribution >= 4 is 17.5 Å². The van der Waals surface area contributed by atoms with E-state index in [4.69, 9.17) is 9.57 Å². The van der Waals surface area contributed by atoms with Gasteiger partial charge in [0.1, 0.15) is 6.10 Å². The third kappa shape index (κ3) is 3.02. The fourth-order valence-electron chi connectivity index (χ4n) is 9.23. The minimum Gasteiger partial charge on any atom is -0.462 e. The van der Waals surface area contributed by atoms with Gasteiger partial charge in [-0.25, -0.2) is 0 Å². The Bertz CT molecular complexity index is 1120. The second-order valence-electron chi connectivity index (χ2n) is 12.2. The number of carbonyl (C=O) groups is 2. The van der Waals surface area contributed by atoms with Crippen molar-refractivity contribution < 1.29 is 19.2 Å². The summed E-state index contributed by atoms with van der Waals surface area (Å²) in [6.07, 6.45) is 9.45. The fraction of sp³-hybridized carbons (Fsp3) is 0.633. The van der Waals surface area contributed by atoms with Gasteiger partial charge in [-0.3, -0.25) is 9.59 Å². The highest BCUT2D eigenvalue weighted by atomic mass is 16.7. The second kappa shape index (κ2) is 7.78. The lowest BCUT2D eigenvalue weighted by molar-refractivity contribution is -0.174. The Labute approximate surface area is 208 Å². The summed E-state index contributed by atoms with van der Waals surface area (Å²) in [7, 11) is 0. The van der Waals surface area contributed by atoms with Crippen LogP contribution in [0, 0.1) is 34.5 Å². The average molecular weight is 476 g/mol. The molecule has 0 amide bonds. The highest BCUT2D eigenvalue weighted by Crippen LogP contribution is 2.70. The van der Waals surface area contributed by atoms with Gasteiger partial charge in [-0.1, -0.05) is 61.0 Å². The summed E-state index contributed by atoms with van der Waals surface area (Å²) in [5.74, 6) is 1.51. The summed E-state index contributed by atoms with van der Waals surface area (Å²) in [5, 5.41) is 4.58. The number of allylic oxidation sites excluding steroid dienone is 1. The molecule has 0 bridgehead atoms. The number of oxime groups is 1. The maximum Gasteiger partial charge on any atom is 0.302 e. The van der Waals surface area contributed by atoms with Crippen LogP contribution in [-0.2, 0) is 19.2 Å². The summed E-state index contributed by atoms with van der Waals surface area (Å²) in [6.45, 7) is 7.99. The molecule has 35 heavy (non-hydrogen) atoms. The number of esters is 1. The molecule has 186 valence electrons. The number of ether oxygens (including phenoxy) is 1. The van der Waals surface area contributed by atoms with Gasteiger partial charge in [0, 0.05) is 18.8 Å². The maximum absolute atomic E-state index is 13.4. The van der Waals surface area contributed by atoms with Crippen LogP contribution in [0.15, 0.2) is 47.1 Å². The molecule has 0 N–H and O–H groups in total. The van der Waals surface area contributed by atoms with Gasteiger partial charge >= 0.3 is 5.97 Å². The molecule has 5 heteroatoms. The maximum atomic E-state index is 13.4. The number of hydrogen-bond acceptors (Lipinski definition) is 5. The molecule has 6 rings (SSSR count). The average Bonchev–Trinajstić information content (AvgIpc) is 3.34. The van der Waals surface area contributed by atoms with Crippen LogP contribution in [-0.4, -0.2) is 29.2 Å². The van der Waals surface area contributed by atoms with E-state index in [1.54, 1.807) is 6.92 Å². The van der Waals surface area contributed by atoms with Crippen molar-refractivity contribution in [1.29, 1.82) is 0 Å². The first kappa shape index (κ1) is 23.0. The van der Waals surface area contributed by atoms with Gasteiger partial charge in [-0.2, -0.15) is 0 Å². The zero-order valence-corrected chi connectivity index (χ0v) is 21.4. The van der Waals surface area contributed by atoms with Gasteiger partial charge in [0.15, 0.2) is 5.78 Å². The van der Waals surface area contributed by atoms with Crippen LogP contribution in [0.3, 0.4) is 0 Å². The van der Waals surface area contributed by atoms with E-state index >= 15 is 0 Å². The lowest BCUT2D eigenvalue weighted by atomic mass is 9.46. The number of fused-ring (bicyclic) bond motifs is 7. The van der Waals surface area contributed by atoms with Crippen molar-refractivity contribution in [2.24, 2.45) is 39.7 Å². The van der Waals surface area contributed by atoms with E-state index in [1.807, 2.05) is 18.2 Å². The van der Waals surface area contributed by atoms with E-state index in [-0.39, 0.29) is 34.6 Å². The number of rotatable bonds is 3. The van der Waals surface area contributed by atoms with Crippen LogP contribution in [0.25, 0.3) is 0 Å². The fourth-order valence-corrected chi connectivity index (χ4v) is 9.23. The molecule has 0 radical (unpaired) electrons. The molecule has 1 heterocycles. The van der Waals surface area contributed by atoms with E-state index in [0.29, 0.717) is 17.8 Å². The first-order chi connectivity index (χ1) is 16.7. The smallest absolute Gasteiger partial charge is 0.302 e. The molecule has 1 aliphatic heterocycles. The SMILES string of the molecule is CC(=O)O[C@H]1CC[C@@]2(C)C(=CC[C@@H]3[C@@H]2CC[C@@]2(C)[C@H]3C[C@H]3C(c4ccccc4)=NO[C@]32C(C)=O)C1. The van der Waals surface area contributed by atoms with Crippen LogP contribution in [0.4, 0.5) is 0 Å². The molecule has 3 fully saturated rings. The van der Waals surface area contributed by atoms with Gasteiger partial charge in [0.05, 0.1) is 11.6 Å². The summed E-state index contributed by atoms with van der Waals surface area (Å²) < 4.78 is 5.60. The van der Waals surface area contributed by atoms with Crippen molar-refractivity contribution in [3.8, 4) is 0 Å². The highest BCUT2D eigenvalue weighted by molar-refractivity contribution is 6.08. The minimum absolute atomic E-state index is 0.00837. The van der Waals surface area contributed by atoms with Gasteiger partial charge in [0.2, 0.25) is 5.60 Å². The Morgan fingerprint density at radius 2 is 1.83 bits per heavy atom. The zero-order valence-electron chi connectivity index (χ0n) is 21.4. The molecule has 4 aliphatic carbocycles. The van der Waals surface area contributed by atoms with E-state index < -0.39 is 5.60 Å². The van der Waals surface area contributed by atoms with Gasteiger partial charge in [-0.05, 0) is 74.2 Å². The molecule has 5 nitrogen and oxygen atoms in total. The Balaban J connectivity index is 1.35. The molecule has 1 aromatic rings. The van der Waals surface area contributed by atoms with Crippen LogP contribution in [0.2, 0.25) is 0 Å².